The Kier molecular flexibility index (Phi) is 8.67. The second-order valence-corrected chi connectivity index (χ2v) is 5.83. The summed E-state index contributed by atoms with van der Waals surface area (Å²) in [5.41, 5.74) is 3.90. The maximum atomic E-state index is 9.38. The number of hydrogen-bond donors (Lipinski definition) is 0. The molecule has 4 heteroatoms. The smallest absolute Gasteiger partial charge is 0.140 e. The van der Waals surface area contributed by atoms with E-state index in [0.717, 1.165) is 22.3 Å². The van der Waals surface area contributed by atoms with Crippen molar-refractivity contribution >= 4 is 23.2 Å². The first-order valence-electron chi connectivity index (χ1n) is 8.14. The number of nitriles is 1. The number of hydrogen-bond acceptors (Lipinski definition) is 2. The molecule has 0 aliphatic rings. The lowest BCUT2D eigenvalue weighted by molar-refractivity contribution is 0.520. The van der Waals surface area contributed by atoms with Crippen molar-refractivity contribution in [2.75, 3.05) is 0 Å². The summed E-state index contributed by atoms with van der Waals surface area (Å²) in [6.07, 6.45) is 7.44. The van der Waals surface area contributed by atoms with Crippen molar-refractivity contribution in [1.29, 1.82) is 5.26 Å². The minimum atomic E-state index is 0.223. The Labute approximate surface area is 180 Å². The fourth-order valence-electron chi connectivity index (χ4n) is 2.32. The highest BCUT2D eigenvalue weighted by Gasteiger charge is 2.12. The number of nitrogens with zero attached hydrogens (tertiary/aromatic N) is 1. The van der Waals surface area contributed by atoms with Gasteiger partial charge in [-0.15, -0.1) is 29.6 Å². The molecule has 2 aromatic carbocycles. The normalized spacial score (nSPS) is 8.14. The summed E-state index contributed by atoms with van der Waals surface area (Å²) in [6.45, 7) is 0. The molecule has 0 N–H and O–H groups in total. The van der Waals surface area contributed by atoms with E-state index in [9.17, 15) is 5.26 Å². The van der Waals surface area contributed by atoms with E-state index in [4.69, 9.17) is 34.4 Å². The lowest BCUT2D eigenvalue weighted by Gasteiger charge is -2.12. The fourth-order valence-corrected chi connectivity index (χ4v) is 2.76. The molecular formula is C25H11Cl2NO. The van der Waals surface area contributed by atoms with Gasteiger partial charge in [0, 0.05) is 35.4 Å². The van der Waals surface area contributed by atoms with Crippen LogP contribution in [0.3, 0.4) is 0 Å². The molecule has 29 heavy (non-hydrogen) atoms. The minimum absolute atomic E-state index is 0.223. The van der Waals surface area contributed by atoms with Gasteiger partial charge in [-0.1, -0.05) is 12.1 Å². The Balaban J connectivity index is 2.17. The van der Waals surface area contributed by atoms with Gasteiger partial charge in [0.25, 0.3) is 0 Å². The Morgan fingerprint density at radius 1 is 0.862 bits per heavy atom. The molecule has 2 rings (SSSR count). The van der Waals surface area contributed by atoms with Gasteiger partial charge >= 0.3 is 0 Å². The molecule has 0 saturated heterocycles. The van der Waals surface area contributed by atoms with Crippen LogP contribution in [-0.4, -0.2) is 0 Å². The average molecular weight is 412 g/mol. The summed E-state index contributed by atoms with van der Waals surface area (Å²) in [6, 6.07) is 13.1. The molecule has 0 fully saturated rings. The van der Waals surface area contributed by atoms with Crippen LogP contribution in [0.1, 0.15) is 16.7 Å². The number of rotatable bonds is 4. The zero-order valence-corrected chi connectivity index (χ0v) is 16.6. The molecule has 0 aromatic heterocycles. The molecule has 0 saturated carbocycles. The van der Waals surface area contributed by atoms with Crippen LogP contribution < -0.4 is 4.74 Å². The van der Waals surface area contributed by atoms with Crippen molar-refractivity contribution in [2.24, 2.45) is 0 Å². The highest BCUT2D eigenvalue weighted by molar-refractivity contribution is 6.18. The van der Waals surface area contributed by atoms with E-state index in [1.807, 2.05) is 18.2 Å². The Bertz CT molecular complexity index is 1230. The van der Waals surface area contributed by atoms with Crippen LogP contribution in [-0.2, 0) is 11.8 Å². The average Bonchev–Trinajstić information content (AvgIpc) is 2.77. The summed E-state index contributed by atoms with van der Waals surface area (Å²) < 4.78 is 5.32. The number of terminal acetylenes is 1. The van der Waals surface area contributed by atoms with Gasteiger partial charge in [0.05, 0.1) is 11.6 Å². The van der Waals surface area contributed by atoms with Gasteiger partial charge < -0.3 is 4.74 Å². The maximum Gasteiger partial charge on any atom is 0.140 e. The predicted octanol–water partition coefficient (Wildman–Crippen LogP) is 4.69. The number of alkyl halides is 2. The number of benzene rings is 2. The van der Waals surface area contributed by atoms with Crippen molar-refractivity contribution in [3.8, 4) is 82.8 Å². The van der Waals surface area contributed by atoms with Gasteiger partial charge in [-0.2, -0.15) is 5.26 Å². The van der Waals surface area contributed by atoms with Crippen LogP contribution in [0, 0.1) is 71.2 Å². The number of halogens is 2. The van der Waals surface area contributed by atoms with Crippen molar-refractivity contribution in [1.82, 2.24) is 0 Å². The van der Waals surface area contributed by atoms with Crippen LogP contribution in [0.5, 0.6) is 5.75 Å². The van der Waals surface area contributed by atoms with Crippen LogP contribution in [0.15, 0.2) is 36.4 Å². The van der Waals surface area contributed by atoms with Gasteiger partial charge in [0.2, 0.25) is 0 Å². The first-order chi connectivity index (χ1) is 14.2. The fraction of sp³-hybridized carbons (Fsp3) is 0.0800. The maximum absolute atomic E-state index is 9.38. The quantitative estimate of drug-likeness (QED) is 0.540. The van der Waals surface area contributed by atoms with Gasteiger partial charge in [0.15, 0.2) is 0 Å². The largest absolute Gasteiger partial charge is 0.407 e. The van der Waals surface area contributed by atoms with E-state index < -0.39 is 0 Å². The topological polar surface area (TPSA) is 33.0 Å². The lowest BCUT2D eigenvalue weighted by Crippen LogP contribution is -1.95. The van der Waals surface area contributed by atoms with Gasteiger partial charge in [-0.3, -0.25) is 0 Å². The third-order valence-electron chi connectivity index (χ3n) is 3.55. The molecule has 0 atom stereocenters. The predicted molar refractivity (Wildman–Crippen MR) is 116 cm³/mol. The molecule has 2 aromatic rings. The van der Waals surface area contributed by atoms with Crippen molar-refractivity contribution in [3.63, 3.8) is 0 Å². The minimum Gasteiger partial charge on any atom is -0.407 e. The van der Waals surface area contributed by atoms with E-state index in [0.29, 0.717) is 17.2 Å². The zero-order chi connectivity index (χ0) is 20.9. The van der Waals surface area contributed by atoms with Gasteiger partial charge in [0.1, 0.15) is 11.9 Å². The Hall–Kier alpha value is -3.89. The summed E-state index contributed by atoms with van der Waals surface area (Å²) in [7, 11) is 0. The molecule has 0 bridgehead atoms. The Morgan fingerprint density at radius 3 is 2.10 bits per heavy atom. The van der Waals surface area contributed by atoms with Crippen molar-refractivity contribution < 1.29 is 4.74 Å². The van der Waals surface area contributed by atoms with Crippen LogP contribution in [0.2, 0.25) is 0 Å². The first-order valence-corrected chi connectivity index (χ1v) is 9.21. The number of ether oxygens (including phenoxy) is 1. The van der Waals surface area contributed by atoms with E-state index in [2.05, 4.69) is 59.5 Å². The molecular weight excluding hydrogens is 401 g/mol. The van der Waals surface area contributed by atoms with Gasteiger partial charge in [-0.05, 0) is 70.2 Å². The van der Waals surface area contributed by atoms with E-state index in [1.165, 1.54) is 0 Å². The standard InChI is InChI=1S/C25H11Cl2NO/c1-2-3-4-5-6-7-8-9-14-29-23-12-10-21(11-13-23)24-16-20(17-26)15-22(19-28)25(24)18-27/h1,10-13,15-16H,17-18H2. The molecule has 0 amide bonds. The van der Waals surface area contributed by atoms with Gasteiger partial charge in [-0.25, -0.2) is 0 Å². The Morgan fingerprint density at radius 2 is 1.52 bits per heavy atom. The monoisotopic (exact) mass is 411 g/mol. The van der Waals surface area contributed by atoms with E-state index in [-0.39, 0.29) is 5.88 Å². The second-order valence-electron chi connectivity index (χ2n) is 5.30. The van der Waals surface area contributed by atoms with Crippen LogP contribution in [0.25, 0.3) is 11.1 Å². The summed E-state index contributed by atoms with van der Waals surface area (Å²) in [4.78, 5) is 0. The van der Waals surface area contributed by atoms with E-state index in [1.54, 1.807) is 18.2 Å². The molecule has 0 unspecified atom stereocenters. The summed E-state index contributed by atoms with van der Waals surface area (Å²) in [5, 5.41) is 9.38. The molecule has 0 aliphatic heterocycles. The lowest BCUT2D eigenvalue weighted by atomic mass is 9.94. The summed E-state index contributed by atoms with van der Waals surface area (Å²) >= 11 is 12.0. The third-order valence-corrected chi connectivity index (χ3v) is 4.13. The van der Waals surface area contributed by atoms with Crippen molar-refractivity contribution in [3.05, 3.63) is 53.1 Å². The highest BCUT2D eigenvalue weighted by atomic mass is 35.5. The third kappa shape index (κ3) is 6.34. The second kappa shape index (κ2) is 11.7. The van der Waals surface area contributed by atoms with E-state index >= 15 is 0 Å². The molecule has 0 heterocycles. The molecule has 0 aliphatic carbocycles. The molecule has 0 spiro atoms. The van der Waals surface area contributed by atoms with Crippen molar-refractivity contribution in [2.45, 2.75) is 11.8 Å². The highest BCUT2D eigenvalue weighted by Crippen LogP contribution is 2.31. The molecule has 136 valence electrons. The van der Waals surface area contributed by atoms with Crippen LogP contribution in [0.4, 0.5) is 0 Å². The SMILES string of the molecule is C#CC#CC#CC#CC#COc1ccc(-c2cc(CCl)cc(C#N)c2CCl)cc1. The molecule has 2 nitrogen and oxygen atoms in total. The zero-order valence-electron chi connectivity index (χ0n) is 15.1. The van der Waals surface area contributed by atoms with Crippen LogP contribution >= 0.6 is 23.2 Å². The molecule has 0 radical (unpaired) electrons. The summed E-state index contributed by atoms with van der Waals surface area (Å²) in [5.74, 6) is 20.5. The first kappa shape index (κ1) is 21.4.